The molecule has 25 heavy (non-hydrogen) atoms. The van der Waals surface area contributed by atoms with Gasteiger partial charge in [0.05, 0.1) is 11.8 Å². The maximum atomic E-state index is 12.7. The van der Waals surface area contributed by atoms with Gasteiger partial charge in [-0.1, -0.05) is 37.3 Å². The topological polar surface area (TPSA) is 79.5 Å². The van der Waals surface area contributed by atoms with E-state index < -0.39 is 0 Å². The van der Waals surface area contributed by atoms with Crippen molar-refractivity contribution in [3.05, 3.63) is 47.7 Å². The van der Waals surface area contributed by atoms with E-state index in [9.17, 15) is 9.59 Å². The molecule has 2 aliphatic heterocycles. The molecule has 4 rings (SSSR count). The average Bonchev–Trinajstić information content (AvgIpc) is 3.30. The molecule has 2 aromatic rings. The van der Waals surface area contributed by atoms with Crippen molar-refractivity contribution in [1.29, 1.82) is 0 Å². The number of rotatable bonds is 5. The standard InChI is InChI=1S/C18H20N4O3/c1-2-15-19-20-16(25-15)11-22-17(23)13-9-21(10-14(13)18(22)24)8-12-6-4-3-5-7-12/h3-7,13-14H,2,8-11H2,1H3/t13-,14-/m0/s1. The Kier molecular flexibility index (Phi) is 4.09. The summed E-state index contributed by atoms with van der Waals surface area (Å²) in [5.74, 6) is 0.0705. The molecule has 0 saturated carbocycles. The number of amides is 2. The fourth-order valence-electron chi connectivity index (χ4n) is 3.65. The molecule has 2 fully saturated rings. The second-order valence-corrected chi connectivity index (χ2v) is 6.60. The average molecular weight is 340 g/mol. The van der Waals surface area contributed by atoms with Crippen molar-refractivity contribution in [2.24, 2.45) is 11.8 Å². The molecule has 7 nitrogen and oxygen atoms in total. The van der Waals surface area contributed by atoms with Gasteiger partial charge in [-0.2, -0.15) is 0 Å². The van der Waals surface area contributed by atoms with Gasteiger partial charge in [0.2, 0.25) is 23.6 Å². The number of nitrogens with zero attached hydrogens (tertiary/aromatic N) is 4. The summed E-state index contributed by atoms with van der Waals surface area (Å²) in [6.45, 7) is 3.98. The monoisotopic (exact) mass is 340 g/mol. The number of hydrogen-bond donors (Lipinski definition) is 0. The van der Waals surface area contributed by atoms with Crippen LogP contribution in [0.4, 0.5) is 0 Å². The molecule has 3 heterocycles. The molecule has 130 valence electrons. The fourth-order valence-corrected chi connectivity index (χ4v) is 3.65. The van der Waals surface area contributed by atoms with Crippen molar-refractivity contribution in [1.82, 2.24) is 20.0 Å². The van der Waals surface area contributed by atoms with Crippen LogP contribution in [0.25, 0.3) is 0 Å². The number of likely N-dealkylation sites (tertiary alicyclic amines) is 2. The maximum absolute atomic E-state index is 12.7. The molecule has 7 heteroatoms. The number of aryl methyl sites for hydroxylation is 1. The summed E-state index contributed by atoms with van der Waals surface area (Å²) < 4.78 is 5.43. The smallest absolute Gasteiger partial charge is 0.236 e. The van der Waals surface area contributed by atoms with E-state index in [1.807, 2.05) is 25.1 Å². The molecule has 0 N–H and O–H groups in total. The first-order valence-corrected chi connectivity index (χ1v) is 8.58. The number of carbonyl (C=O) groups excluding carboxylic acids is 2. The highest BCUT2D eigenvalue weighted by Crippen LogP contribution is 2.34. The lowest BCUT2D eigenvalue weighted by Crippen LogP contribution is -2.35. The highest BCUT2D eigenvalue weighted by Gasteiger charge is 2.52. The molecular weight excluding hydrogens is 320 g/mol. The first kappa shape index (κ1) is 16.0. The molecule has 0 bridgehead atoms. The zero-order valence-electron chi connectivity index (χ0n) is 14.1. The van der Waals surface area contributed by atoms with Crippen LogP contribution in [-0.2, 0) is 29.1 Å². The Morgan fingerprint density at radius 2 is 1.64 bits per heavy atom. The SMILES string of the molecule is CCc1nnc(CN2C(=O)[C@H]3CN(Cc4ccccc4)C[C@@H]3C2=O)o1. The molecule has 2 atom stereocenters. The summed E-state index contributed by atoms with van der Waals surface area (Å²) >= 11 is 0. The molecule has 0 radical (unpaired) electrons. The van der Waals surface area contributed by atoms with E-state index in [1.54, 1.807) is 0 Å². The van der Waals surface area contributed by atoms with Crippen LogP contribution in [0.1, 0.15) is 24.3 Å². The van der Waals surface area contributed by atoms with Gasteiger partial charge in [-0.15, -0.1) is 10.2 Å². The van der Waals surface area contributed by atoms with Crippen LogP contribution in [-0.4, -0.2) is 44.9 Å². The van der Waals surface area contributed by atoms with Crippen LogP contribution < -0.4 is 0 Å². The Labute approximate surface area is 145 Å². The van der Waals surface area contributed by atoms with E-state index in [2.05, 4.69) is 27.2 Å². The van der Waals surface area contributed by atoms with Gasteiger partial charge in [0.25, 0.3) is 0 Å². The van der Waals surface area contributed by atoms with Crippen LogP contribution >= 0.6 is 0 Å². The Hall–Kier alpha value is -2.54. The van der Waals surface area contributed by atoms with Gasteiger partial charge < -0.3 is 4.42 Å². The van der Waals surface area contributed by atoms with E-state index in [4.69, 9.17) is 4.42 Å². The van der Waals surface area contributed by atoms with Crippen LogP contribution in [0.3, 0.4) is 0 Å². The predicted octanol–water partition coefficient (Wildman–Crippen LogP) is 1.25. The van der Waals surface area contributed by atoms with Gasteiger partial charge in [0.15, 0.2) is 0 Å². The highest BCUT2D eigenvalue weighted by atomic mass is 16.4. The molecule has 2 saturated heterocycles. The van der Waals surface area contributed by atoms with E-state index in [0.717, 1.165) is 6.54 Å². The Morgan fingerprint density at radius 1 is 1.00 bits per heavy atom. The van der Waals surface area contributed by atoms with Gasteiger partial charge in [-0.05, 0) is 5.56 Å². The van der Waals surface area contributed by atoms with Crippen molar-refractivity contribution in [2.45, 2.75) is 26.4 Å². The molecule has 2 aliphatic rings. The molecule has 2 amide bonds. The van der Waals surface area contributed by atoms with Crippen LogP contribution in [0.2, 0.25) is 0 Å². The number of fused-ring (bicyclic) bond motifs is 1. The third-order valence-electron chi connectivity index (χ3n) is 4.92. The fraction of sp³-hybridized carbons (Fsp3) is 0.444. The van der Waals surface area contributed by atoms with Crippen molar-refractivity contribution in [2.75, 3.05) is 13.1 Å². The largest absolute Gasteiger partial charge is 0.423 e. The lowest BCUT2D eigenvalue weighted by atomic mass is 10.00. The van der Waals surface area contributed by atoms with E-state index in [0.29, 0.717) is 31.3 Å². The van der Waals surface area contributed by atoms with Gasteiger partial charge in [0, 0.05) is 26.1 Å². The quantitative estimate of drug-likeness (QED) is 0.762. The lowest BCUT2D eigenvalue weighted by molar-refractivity contribution is -0.141. The number of benzene rings is 1. The second kappa shape index (κ2) is 6.40. The maximum Gasteiger partial charge on any atom is 0.236 e. The van der Waals surface area contributed by atoms with Gasteiger partial charge >= 0.3 is 0 Å². The second-order valence-electron chi connectivity index (χ2n) is 6.60. The minimum absolute atomic E-state index is 0.0797. The summed E-state index contributed by atoms with van der Waals surface area (Å²) in [6.07, 6.45) is 0.634. The summed E-state index contributed by atoms with van der Waals surface area (Å²) in [6, 6.07) is 10.1. The van der Waals surface area contributed by atoms with Gasteiger partial charge in [-0.3, -0.25) is 19.4 Å². The predicted molar refractivity (Wildman–Crippen MR) is 87.9 cm³/mol. The van der Waals surface area contributed by atoms with Gasteiger partial charge in [-0.25, -0.2) is 0 Å². The normalized spacial score (nSPS) is 23.5. The molecule has 1 aromatic carbocycles. The third kappa shape index (κ3) is 2.95. The van der Waals surface area contributed by atoms with Crippen LogP contribution in [0.5, 0.6) is 0 Å². The summed E-state index contributed by atoms with van der Waals surface area (Å²) in [7, 11) is 0. The van der Waals surface area contributed by atoms with Crippen molar-refractivity contribution in [3.8, 4) is 0 Å². The molecule has 1 aromatic heterocycles. The first-order chi connectivity index (χ1) is 12.2. The van der Waals surface area contributed by atoms with Crippen LogP contribution in [0.15, 0.2) is 34.7 Å². The Morgan fingerprint density at radius 3 is 2.24 bits per heavy atom. The number of imide groups is 1. The Bertz CT molecular complexity index is 765. The van der Waals surface area contributed by atoms with E-state index >= 15 is 0 Å². The summed E-state index contributed by atoms with van der Waals surface area (Å²) in [4.78, 5) is 28.8. The highest BCUT2D eigenvalue weighted by molar-refractivity contribution is 6.05. The molecule has 0 unspecified atom stereocenters. The molecular formula is C18H20N4O3. The zero-order chi connectivity index (χ0) is 17.4. The number of hydrogen-bond acceptors (Lipinski definition) is 6. The minimum Gasteiger partial charge on any atom is -0.423 e. The van der Waals surface area contributed by atoms with Gasteiger partial charge in [0.1, 0.15) is 6.54 Å². The molecule has 0 spiro atoms. The first-order valence-electron chi connectivity index (χ1n) is 8.58. The number of carbonyl (C=O) groups is 2. The third-order valence-corrected chi connectivity index (χ3v) is 4.92. The minimum atomic E-state index is -0.259. The van der Waals surface area contributed by atoms with Crippen molar-refractivity contribution >= 4 is 11.8 Å². The van der Waals surface area contributed by atoms with Crippen molar-refractivity contribution < 1.29 is 14.0 Å². The van der Waals surface area contributed by atoms with Crippen molar-refractivity contribution in [3.63, 3.8) is 0 Å². The summed E-state index contributed by atoms with van der Waals surface area (Å²) in [5.41, 5.74) is 1.19. The lowest BCUT2D eigenvalue weighted by Gasteiger charge is -2.19. The Balaban J connectivity index is 1.42. The van der Waals surface area contributed by atoms with E-state index in [1.165, 1.54) is 10.5 Å². The summed E-state index contributed by atoms with van der Waals surface area (Å²) in [5, 5.41) is 7.79. The molecule has 0 aliphatic carbocycles. The van der Waals surface area contributed by atoms with E-state index in [-0.39, 0.29) is 30.2 Å². The zero-order valence-corrected chi connectivity index (χ0v) is 14.1. The number of aromatic nitrogens is 2. The van der Waals surface area contributed by atoms with Crippen LogP contribution in [0, 0.1) is 11.8 Å².